The van der Waals surface area contributed by atoms with Crippen LogP contribution in [0.3, 0.4) is 0 Å². The number of aliphatic carboxylic acids is 1. The molecule has 0 amide bonds. The Morgan fingerprint density at radius 3 is 2.45 bits per heavy atom. The smallest absolute Gasteiger partial charge is 0.306 e. The molecule has 2 aliphatic rings. The van der Waals surface area contributed by atoms with Gasteiger partial charge in [-0.25, -0.2) is 0 Å². The summed E-state index contributed by atoms with van der Waals surface area (Å²) in [6.45, 7) is 2.22. The van der Waals surface area contributed by atoms with E-state index < -0.39 is 5.97 Å². The van der Waals surface area contributed by atoms with Crippen LogP contribution >= 0.6 is 0 Å². The van der Waals surface area contributed by atoms with Crippen LogP contribution in [-0.2, 0) is 16.1 Å². The second-order valence-corrected chi connectivity index (χ2v) is 5.96. The lowest BCUT2D eigenvalue weighted by Gasteiger charge is -2.45. The van der Waals surface area contributed by atoms with E-state index >= 15 is 0 Å². The molecule has 0 radical (unpaired) electrons. The van der Waals surface area contributed by atoms with E-state index in [-0.39, 0.29) is 5.92 Å². The highest BCUT2D eigenvalue weighted by Crippen LogP contribution is 2.37. The van der Waals surface area contributed by atoms with Crippen molar-refractivity contribution < 1.29 is 14.6 Å². The van der Waals surface area contributed by atoms with E-state index in [0.29, 0.717) is 31.1 Å². The lowest BCUT2D eigenvalue weighted by molar-refractivity contribution is -0.148. The molecule has 4 atom stereocenters. The third-order valence-electron chi connectivity index (χ3n) is 4.59. The molecule has 1 saturated carbocycles. The number of hydrogen-bond donors (Lipinski definition) is 2. The fourth-order valence-corrected chi connectivity index (χ4v) is 3.59. The monoisotopic (exact) mass is 275 g/mol. The highest BCUT2D eigenvalue weighted by molar-refractivity contribution is 5.70. The van der Waals surface area contributed by atoms with Crippen LogP contribution in [0.15, 0.2) is 30.3 Å². The molecule has 1 aliphatic heterocycles. The van der Waals surface area contributed by atoms with Crippen LogP contribution in [0.25, 0.3) is 0 Å². The Hall–Kier alpha value is -1.39. The van der Waals surface area contributed by atoms with Gasteiger partial charge in [-0.2, -0.15) is 0 Å². The van der Waals surface area contributed by atoms with Gasteiger partial charge in [0.25, 0.3) is 0 Å². The highest BCUT2D eigenvalue weighted by Gasteiger charge is 2.42. The van der Waals surface area contributed by atoms with Crippen LogP contribution in [0, 0.1) is 17.8 Å². The summed E-state index contributed by atoms with van der Waals surface area (Å²) in [6.07, 6.45) is 1.47. The van der Waals surface area contributed by atoms with Gasteiger partial charge in [0.2, 0.25) is 0 Å². The van der Waals surface area contributed by atoms with E-state index in [0.717, 1.165) is 19.4 Å². The zero-order valence-corrected chi connectivity index (χ0v) is 11.5. The molecule has 2 fully saturated rings. The Balaban J connectivity index is 1.63. The number of carbonyl (C=O) groups is 1. The van der Waals surface area contributed by atoms with Crippen molar-refractivity contribution in [3.63, 3.8) is 0 Å². The van der Waals surface area contributed by atoms with Gasteiger partial charge in [-0.05, 0) is 30.2 Å². The molecule has 1 aromatic rings. The van der Waals surface area contributed by atoms with E-state index in [9.17, 15) is 9.90 Å². The van der Waals surface area contributed by atoms with Crippen molar-refractivity contribution >= 4 is 5.97 Å². The summed E-state index contributed by atoms with van der Waals surface area (Å²) in [6, 6.07) is 10.7. The Morgan fingerprint density at radius 2 is 1.85 bits per heavy atom. The summed E-state index contributed by atoms with van der Waals surface area (Å²) < 4.78 is 5.61. The molecule has 1 heterocycles. The molecular formula is C16H21NO3. The standard InChI is InChI=1S/C16H21NO3/c18-16(19)12-6-13-9-20-10-14(7-12)15(13)17-8-11-4-2-1-3-5-11/h1-5,12-15,17H,6-10H2,(H,18,19)/t12?,13-,14+,15?. The maximum atomic E-state index is 11.2. The zero-order valence-electron chi connectivity index (χ0n) is 11.5. The first kappa shape index (κ1) is 13.6. The van der Waals surface area contributed by atoms with Crippen LogP contribution < -0.4 is 5.32 Å². The average Bonchev–Trinajstić information content (AvgIpc) is 2.45. The molecule has 1 aliphatic carbocycles. The second kappa shape index (κ2) is 5.94. The number of ether oxygens (including phenoxy) is 1. The van der Waals surface area contributed by atoms with E-state index in [2.05, 4.69) is 17.4 Å². The summed E-state index contributed by atoms with van der Waals surface area (Å²) in [5.41, 5.74) is 1.27. The van der Waals surface area contributed by atoms with Crippen molar-refractivity contribution in [2.45, 2.75) is 25.4 Å². The molecule has 1 aromatic carbocycles. The SMILES string of the molecule is O=C(O)C1C[C@H]2COC[C@@H](C1)C2NCc1ccccc1. The first-order chi connectivity index (χ1) is 9.74. The maximum Gasteiger partial charge on any atom is 0.306 e. The number of hydrogen-bond acceptors (Lipinski definition) is 3. The summed E-state index contributed by atoms with van der Waals surface area (Å²) in [5.74, 6) is -0.188. The third-order valence-corrected chi connectivity index (χ3v) is 4.59. The highest BCUT2D eigenvalue weighted by atomic mass is 16.5. The van der Waals surface area contributed by atoms with Crippen molar-refractivity contribution in [3.8, 4) is 0 Å². The van der Waals surface area contributed by atoms with Crippen LogP contribution in [0.5, 0.6) is 0 Å². The number of fused-ring (bicyclic) bond motifs is 2. The third kappa shape index (κ3) is 2.86. The van der Waals surface area contributed by atoms with Gasteiger partial charge in [-0.1, -0.05) is 30.3 Å². The van der Waals surface area contributed by atoms with Crippen molar-refractivity contribution in [1.29, 1.82) is 0 Å². The molecule has 0 aromatic heterocycles. The van der Waals surface area contributed by atoms with Gasteiger partial charge in [0.15, 0.2) is 0 Å². The second-order valence-electron chi connectivity index (χ2n) is 5.96. The number of rotatable bonds is 4. The van der Waals surface area contributed by atoms with Gasteiger partial charge in [0.1, 0.15) is 0 Å². The minimum absolute atomic E-state index is 0.191. The largest absolute Gasteiger partial charge is 0.481 e. The molecule has 20 heavy (non-hydrogen) atoms. The molecular weight excluding hydrogens is 254 g/mol. The molecule has 2 unspecified atom stereocenters. The van der Waals surface area contributed by atoms with Crippen molar-refractivity contribution in [2.24, 2.45) is 17.8 Å². The lowest BCUT2D eigenvalue weighted by atomic mass is 9.70. The molecule has 2 N–H and O–H groups in total. The Labute approximate surface area is 119 Å². The first-order valence-corrected chi connectivity index (χ1v) is 7.32. The van der Waals surface area contributed by atoms with E-state index in [1.807, 2.05) is 18.2 Å². The van der Waals surface area contributed by atoms with Crippen LogP contribution in [0.2, 0.25) is 0 Å². The topological polar surface area (TPSA) is 58.6 Å². The normalized spacial score (nSPS) is 32.8. The van der Waals surface area contributed by atoms with Crippen LogP contribution in [0.1, 0.15) is 18.4 Å². The van der Waals surface area contributed by atoms with Gasteiger partial charge in [0, 0.05) is 12.6 Å². The molecule has 4 nitrogen and oxygen atoms in total. The number of benzene rings is 1. The minimum Gasteiger partial charge on any atom is -0.481 e. The van der Waals surface area contributed by atoms with Gasteiger partial charge in [0.05, 0.1) is 19.1 Å². The van der Waals surface area contributed by atoms with Gasteiger partial charge >= 0.3 is 5.97 Å². The molecule has 108 valence electrons. The summed E-state index contributed by atoms with van der Waals surface area (Å²) in [5, 5.41) is 12.9. The fourth-order valence-electron chi connectivity index (χ4n) is 3.59. The molecule has 2 bridgehead atoms. The van der Waals surface area contributed by atoms with E-state index in [1.54, 1.807) is 0 Å². The molecule has 3 rings (SSSR count). The number of carboxylic acids is 1. The van der Waals surface area contributed by atoms with E-state index in [4.69, 9.17) is 4.74 Å². The first-order valence-electron chi connectivity index (χ1n) is 7.32. The fraction of sp³-hybridized carbons (Fsp3) is 0.562. The summed E-state index contributed by atoms with van der Waals surface area (Å²) in [7, 11) is 0. The quantitative estimate of drug-likeness (QED) is 0.881. The predicted octanol–water partition coefficient (Wildman–Crippen LogP) is 1.90. The minimum atomic E-state index is -0.650. The Morgan fingerprint density at radius 1 is 1.20 bits per heavy atom. The Kier molecular flexibility index (Phi) is 4.03. The summed E-state index contributed by atoms with van der Waals surface area (Å²) in [4.78, 5) is 11.2. The average molecular weight is 275 g/mol. The molecule has 4 heteroatoms. The number of nitrogens with one attached hydrogen (secondary N) is 1. The molecule has 1 saturated heterocycles. The van der Waals surface area contributed by atoms with Crippen LogP contribution in [-0.4, -0.2) is 30.3 Å². The van der Waals surface area contributed by atoms with Gasteiger partial charge < -0.3 is 15.2 Å². The van der Waals surface area contributed by atoms with Crippen molar-refractivity contribution in [3.05, 3.63) is 35.9 Å². The van der Waals surface area contributed by atoms with Crippen molar-refractivity contribution in [2.75, 3.05) is 13.2 Å². The molecule has 0 spiro atoms. The lowest BCUT2D eigenvalue weighted by Crippen LogP contribution is -2.53. The number of carboxylic acid groups (broad SMARTS) is 1. The zero-order chi connectivity index (χ0) is 13.9. The van der Waals surface area contributed by atoms with Gasteiger partial charge in [-0.3, -0.25) is 4.79 Å². The predicted molar refractivity (Wildman–Crippen MR) is 75.2 cm³/mol. The van der Waals surface area contributed by atoms with Gasteiger partial charge in [-0.15, -0.1) is 0 Å². The maximum absolute atomic E-state index is 11.2. The Bertz CT molecular complexity index is 448. The van der Waals surface area contributed by atoms with E-state index in [1.165, 1.54) is 5.56 Å². The van der Waals surface area contributed by atoms with Crippen molar-refractivity contribution in [1.82, 2.24) is 5.32 Å². The summed E-state index contributed by atoms with van der Waals surface area (Å²) >= 11 is 0. The van der Waals surface area contributed by atoms with Crippen LogP contribution in [0.4, 0.5) is 0 Å².